The lowest BCUT2D eigenvalue weighted by Gasteiger charge is -2.10. The summed E-state index contributed by atoms with van der Waals surface area (Å²) in [5.74, 6) is 1.53. The summed E-state index contributed by atoms with van der Waals surface area (Å²) in [4.78, 5) is 4.22. The number of nitrogens with zero attached hydrogens (tertiary/aromatic N) is 2. The predicted octanol–water partition coefficient (Wildman–Crippen LogP) is 3.23. The first-order valence-corrected chi connectivity index (χ1v) is 5.41. The van der Waals surface area contributed by atoms with Gasteiger partial charge in [-0.05, 0) is 31.0 Å². The van der Waals surface area contributed by atoms with E-state index in [-0.39, 0.29) is 0 Å². The molecule has 0 aliphatic rings. The van der Waals surface area contributed by atoms with E-state index in [0.29, 0.717) is 5.88 Å². The number of rotatable bonds is 2. The maximum absolute atomic E-state index is 5.83. The van der Waals surface area contributed by atoms with Crippen LogP contribution in [0.15, 0.2) is 30.6 Å². The Kier molecular flexibility index (Phi) is 2.78. The Morgan fingerprint density at radius 1 is 1.33 bits per heavy atom. The second-order valence-corrected chi connectivity index (χ2v) is 3.87. The van der Waals surface area contributed by atoms with Crippen molar-refractivity contribution in [3.8, 4) is 5.69 Å². The third-order valence-electron chi connectivity index (χ3n) is 2.51. The number of halogens is 1. The first kappa shape index (κ1) is 10.2. The SMILES string of the molecule is Cc1ccc(CCl)cc1-n1ccnc1C. The van der Waals surface area contributed by atoms with Crippen molar-refractivity contribution in [2.24, 2.45) is 0 Å². The normalized spacial score (nSPS) is 10.6. The van der Waals surface area contributed by atoms with Gasteiger partial charge in [-0.1, -0.05) is 12.1 Å². The fourth-order valence-corrected chi connectivity index (χ4v) is 1.80. The highest BCUT2D eigenvalue weighted by atomic mass is 35.5. The van der Waals surface area contributed by atoms with Gasteiger partial charge in [-0.3, -0.25) is 0 Å². The molecule has 0 aliphatic carbocycles. The summed E-state index contributed by atoms with van der Waals surface area (Å²) in [6.45, 7) is 4.08. The van der Waals surface area contributed by atoms with E-state index in [1.807, 2.05) is 19.3 Å². The lowest BCUT2D eigenvalue weighted by atomic mass is 10.1. The van der Waals surface area contributed by atoms with E-state index in [9.17, 15) is 0 Å². The van der Waals surface area contributed by atoms with Gasteiger partial charge >= 0.3 is 0 Å². The molecule has 0 spiro atoms. The lowest BCUT2D eigenvalue weighted by molar-refractivity contribution is 0.961. The van der Waals surface area contributed by atoms with Crippen LogP contribution in [0.25, 0.3) is 5.69 Å². The van der Waals surface area contributed by atoms with Gasteiger partial charge in [0.2, 0.25) is 0 Å². The molecule has 1 aromatic carbocycles. The molecule has 0 amide bonds. The van der Waals surface area contributed by atoms with Crippen molar-refractivity contribution in [2.75, 3.05) is 0 Å². The van der Waals surface area contributed by atoms with Crippen molar-refractivity contribution in [3.63, 3.8) is 0 Å². The molecule has 1 aromatic heterocycles. The highest BCUT2D eigenvalue weighted by Crippen LogP contribution is 2.18. The third kappa shape index (κ3) is 1.90. The van der Waals surface area contributed by atoms with Crippen LogP contribution >= 0.6 is 11.6 Å². The van der Waals surface area contributed by atoms with Gasteiger partial charge in [-0.25, -0.2) is 4.98 Å². The number of aromatic nitrogens is 2. The molecule has 0 fully saturated rings. The number of benzene rings is 1. The topological polar surface area (TPSA) is 17.8 Å². The van der Waals surface area contributed by atoms with Gasteiger partial charge in [0.15, 0.2) is 0 Å². The van der Waals surface area contributed by atoms with Crippen LogP contribution < -0.4 is 0 Å². The Morgan fingerprint density at radius 2 is 2.13 bits per heavy atom. The molecule has 0 aliphatic heterocycles. The molecule has 2 rings (SSSR count). The Bertz CT molecular complexity index is 474. The van der Waals surface area contributed by atoms with Crippen LogP contribution in [0.3, 0.4) is 0 Å². The van der Waals surface area contributed by atoms with E-state index in [4.69, 9.17) is 11.6 Å². The summed E-state index contributed by atoms with van der Waals surface area (Å²) < 4.78 is 2.07. The van der Waals surface area contributed by atoms with Crippen LogP contribution in [0.1, 0.15) is 17.0 Å². The Morgan fingerprint density at radius 3 is 2.73 bits per heavy atom. The van der Waals surface area contributed by atoms with Crippen LogP contribution in [-0.2, 0) is 5.88 Å². The van der Waals surface area contributed by atoms with Gasteiger partial charge in [-0.2, -0.15) is 0 Å². The number of imidazole rings is 1. The highest BCUT2D eigenvalue weighted by molar-refractivity contribution is 6.17. The zero-order valence-corrected chi connectivity index (χ0v) is 9.62. The summed E-state index contributed by atoms with van der Waals surface area (Å²) >= 11 is 5.83. The monoisotopic (exact) mass is 220 g/mol. The highest BCUT2D eigenvalue weighted by Gasteiger charge is 2.04. The summed E-state index contributed by atoms with van der Waals surface area (Å²) in [5.41, 5.74) is 3.51. The number of alkyl halides is 1. The minimum absolute atomic E-state index is 0.543. The van der Waals surface area contributed by atoms with E-state index >= 15 is 0 Å². The van der Waals surface area contributed by atoms with Gasteiger partial charge in [0.1, 0.15) is 5.82 Å². The molecule has 2 nitrogen and oxygen atoms in total. The molecule has 0 saturated carbocycles. The second-order valence-electron chi connectivity index (χ2n) is 3.60. The fourth-order valence-electron chi connectivity index (χ4n) is 1.63. The molecule has 2 aromatic rings. The Labute approximate surface area is 94.5 Å². The van der Waals surface area contributed by atoms with Crippen LogP contribution in [-0.4, -0.2) is 9.55 Å². The summed E-state index contributed by atoms with van der Waals surface area (Å²) in [6, 6.07) is 6.25. The maximum Gasteiger partial charge on any atom is 0.110 e. The molecule has 78 valence electrons. The number of hydrogen-bond acceptors (Lipinski definition) is 1. The summed E-state index contributed by atoms with van der Waals surface area (Å²) in [7, 11) is 0. The minimum atomic E-state index is 0.543. The van der Waals surface area contributed by atoms with Crippen molar-refractivity contribution < 1.29 is 0 Å². The molecule has 0 unspecified atom stereocenters. The van der Waals surface area contributed by atoms with Crippen molar-refractivity contribution in [2.45, 2.75) is 19.7 Å². The summed E-state index contributed by atoms with van der Waals surface area (Å²) in [5, 5.41) is 0. The fraction of sp³-hybridized carbons (Fsp3) is 0.250. The van der Waals surface area contributed by atoms with Gasteiger partial charge < -0.3 is 4.57 Å². The molecular weight excluding hydrogens is 208 g/mol. The number of aryl methyl sites for hydroxylation is 2. The largest absolute Gasteiger partial charge is 0.304 e. The molecule has 0 atom stereocenters. The first-order valence-electron chi connectivity index (χ1n) is 4.88. The molecule has 0 radical (unpaired) electrons. The quantitative estimate of drug-likeness (QED) is 0.711. The Balaban J connectivity index is 2.56. The van der Waals surface area contributed by atoms with Crippen molar-refractivity contribution >= 4 is 11.6 Å². The van der Waals surface area contributed by atoms with Crippen LogP contribution in [0, 0.1) is 13.8 Å². The van der Waals surface area contributed by atoms with Crippen molar-refractivity contribution in [3.05, 3.63) is 47.5 Å². The van der Waals surface area contributed by atoms with Crippen LogP contribution in [0.2, 0.25) is 0 Å². The van der Waals surface area contributed by atoms with Gasteiger partial charge in [0, 0.05) is 24.0 Å². The summed E-state index contributed by atoms with van der Waals surface area (Å²) in [6.07, 6.45) is 3.78. The zero-order valence-electron chi connectivity index (χ0n) is 8.87. The smallest absolute Gasteiger partial charge is 0.110 e. The van der Waals surface area contributed by atoms with Gasteiger partial charge in [0.25, 0.3) is 0 Å². The van der Waals surface area contributed by atoms with Crippen molar-refractivity contribution in [1.29, 1.82) is 0 Å². The van der Waals surface area contributed by atoms with E-state index in [1.165, 1.54) is 5.56 Å². The zero-order chi connectivity index (χ0) is 10.8. The second kappa shape index (κ2) is 4.07. The van der Waals surface area contributed by atoms with Gasteiger partial charge in [-0.15, -0.1) is 11.6 Å². The Hall–Kier alpha value is -1.28. The van der Waals surface area contributed by atoms with E-state index in [2.05, 4.69) is 34.7 Å². The molecule has 0 saturated heterocycles. The standard InChI is InChI=1S/C12H13ClN2/c1-9-3-4-11(8-13)7-12(9)15-6-5-14-10(15)2/h3-7H,8H2,1-2H3. The van der Waals surface area contributed by atoms with Gasteiger partial charge in [0.05, 0.1) is 0 Å². The van der Waals surface area contributed by atoms with E-state index in [1.54, 1.807) is 0 Å². The molecule has 1 heterocycles. The third-order valence-corrected chi connectivity index (χ3v) is 2.82. The molecule has 0 N–H and O–H groups in total. The minimum Gasteiger partial charge on any atom is -0.304 e. The number of hydrogen-bond donors (Lipinski definition) is 0. The molecule has 0 bridgehead atoms. The first-order chi connectivity index (χ1) is 7.22. The van der Waals surface area contributed by atoms with E-state index in [0.717, 1.165) is 17.1 Å². The average molecular weight is 221 g/mol. The molecule has 3 heteroatoms. The van der Waals surface area contributed by atoms with Crippen LogP contribution in [0.4, 0.5) is 0 Å². The maximum atomic E-state index is 5.83. The van der Waals surface area contributed by atoms with Crippen molar-refractivity contribution in [1.82, 2.24) is 9.55 Å². The molecule has 15 heavy (non-hydrogen) atoms. The van der Waals surface area contributed by atoms with E-state index < -0.39 is 0 Å². The van der Waals surface area contributed by atoms with Crippen LogP contribution in [0.5, 0.6) is 0 Å². The molecular formula is C12H13ClN2. The predicted molar refractivity (Wildman–Crippen MR) is 62.6 cm³/mol. The average Bonchev–Trinajstić information content (AvgIpc) is 2.65. The lowest BCUT2D eigenvalue weighted by Crippen LogP contribution is -1.99.